The Bertz CT molecular complexity index is 399. The number of nitrogens with one attached hydrogen (secondary N) is 2. The lowest BCUT2D eigenvalue weighted by Crippen LogP contribution is -2.24. The van der Waals surface area contributed by atoms with Gasteiger partial charge in [0.05, 0.1) is 17.6 Å². The molecule has 0 saturated carbocycles. The van der Waals surface area contributed by atoms with Crippen LogP contribution in [0.5, 0.6) is 0 Å². The molecule has 1 rings (SSSR count). The summed E-state index contributed by atoms with van der Waals surface area (Å²) < 4.78 is 27.1. The van der Waals surface area contributed by atoms with Gasteiger partial charge >= 0.3 is 0 Å². The zero-order valence-electron chi connectivity index (χ0n) is 8.90. The van der Waals surface area contributed by atoms with Crippen molar-refractivity contribution >= 4 is 15.7 Å². The van der Waals surface area contributed by atoms with Gasteiger partial charge in [-0.3, -0.25) is 9.40 Å². The molecular weight excluding hydrogens is 216 g/mol. The van der Waals surface area contributed by atoms with E-state index in [2.05, 4.69) is 15.1 Å². The van der Waals surface area contributed by atoms with Crippen LogP contribution in [0.15, 0.2) is 12.4 Å². The molecule has 0 aliphatic heterocycles. The van der Waals surface area contributed by atoms with Crippen LogP contribution in [-0.2, 0) is 16.6 Å². The van der Waals surface area contributed by atoms with E-state index in [0.29, 0.717) is 12.2 Å². The summed E-state index contributed by atoms with van der Waals surface area (Å²) in [5.41, 5.74) is 0.507. The number of anilines is 1. The van der Waals surface area contributed by atoms with Crippen LogP contribution in [-0.4, -0.2) is 37.5 Å². The smallest absolute Gasteiger partial charge is 0.234 e. The summed E-state index contributed by atoms with van der Waals surface area (Å²) in [6.45, 7) is 3.09. The first-order chi connectivity index (χ1) is 7.07. The van der Waals surface area contributed by atoms with Crippen LogP contribution in [0.25, 0.3) is 0 Å². The van der Waals surface area contributed by atoms with Crippen LogP contribution in [0, 0.1) is 0 Å². The Morgan fingerprint density at radius 3 is 2.80 bits per heavy atom. The van der Waals surface area contributed by atoms with Gasteiger partial charge in [0.1, 0.15) is 0 Å². The molecule has 6 nitrogen and oxygen atoms in total. The zero-order valence-corrected chi connectivity index (χ0v) is 9.71. The highest BCUT2D eigenvalue weighted by atomic mass is 32.2. The summed E-state index contributed by atoms with van der Waals surface area (Å²) in [7, 11) is -1.54. The molecule has 0 aliphatic rings. The summed E-state index contributed by atoms with van der Waals surface area (Å²) >= 11 is 0. The third-order valence-corrected chi connectivity index (χ3v) is 3.14. The Morgan fingerprint density at radius 1 is 1.53 bits per heavy atom. The number of aryl methyl sites for hydroxylation is 1. The lowest BCUT2D eigenvalue weighted by molar-refractivity contribution is 0.598. The van der Waals surface area contributed by atoms with Crippen LogP contribution in [0.1, 0.15) is 6.92 Å². The van der Waals surface area contributed by atoms with E-state index in [4.69, 9.17) is 0 Å². The molecule has 0 amide bonds. The fraction of sp³-hybridized carbons (Fsp3) is 0.625. The van der Waals surface area contributed by atoms with Crippen LogP contribution in [0.4, 0.5) is 5.69 Å². The predicted octanol–water partition coefficient (Wildman–Crippen LogP) is -0.136. The maximum atomic E-state index is 11.5. The molecule has 0 spiro atoms. The first kappa shape index (κ1) is 12.0. The average Bonchev–Trinajstić information content (AvgIpc) is 2.62. The molecule has 7 heteroatoms. The predicted molar refractivity (Wildman–Crippen MR) is 59.2 cm³/mol. The number of aromatic nitrogens is 2. The second-order valence-electron chi connectivity index (χ2n) is 3.11. The molecule has 0 bridgehead atoms. The number of hydrogen-bond acceptors (Lipinski definition) is 4. The van der Waals surface area contributed by atoms with E-state index in [1.54, 1.807) is 17.9 Å². The topological polar surface area (TPSA) is 76.0 Å². The van der Waals surface area contributed by atoms with E-state index >= 15 is 0 Å². The van der Waals surface area contributed by atoms with Crippen LogP contribution in [0.3, 0.4) is 0 Å². The van der Waals surface area contributed by atoms with E-state index < -0.39 is 10.0 Å². The van der Waals surface area contributed by atoms with Crippen molar-refractivity contribution in [3.8, 4) is 0 Å². The molecule has 0 unspecified atom stereocenters. The first-order valence-corrected chi connectivity index (χ1v) is 6.40. The molecule has 0 saturated heterocycles. The minimum Gasteiger partial charge on any atom is -0.319 e. The van der Waals surface area contributed by atoms with E-state index in [-0.39, 0.29) is 5.75 Å². The number of hydrogen-bond donors (Lipinski definition) is 2. The summed E-state index contributed by atoms with van der Waals surface area (Å²) in [6, 6.07) is 0. The van der Waals surface area contributed by atoms with E-state index in [9.17, 15) is 8.42 Å². The molecule has 0 aromatic carbocycles. The first-order valence-electron chi connectivity index (χ1n) is 4.75. The normalized spacial score (nSPS) is 11.6. The van der Waals surface area contributed by atoms with Crippen molar-refractivity contribution in [1.82, 2.24) is 15.1 Å². The van der Waals surface area contributed by atoms with Gasteiger partial charge in [0.15, 0.2) is 0 Å². The SMILES string of the molecule is CCn1cc(NS(=O)(=O)CCNC)cn1. The number of nitrogens with zero attached hydrogens (tertiary/aromatic N) is 2. The Morgan fingerprint density at radius 2 is 2.27 bits per heavy atom. The second-order valence-corrected chi connectivity index (χ2v) is 4.95. The van der Waals surface area contributed by atoms with Gasteiger partial charge in [-0.25, -0.2) is 8.42 Å². The van der Waals surface area contributed by atoms with Crippen molar-refractivity contribution in [2.75, 3.05) is 24.1 Å². The van der Waals surface area contributed by atoms with Gasteiger partial charge in [0.25, 0.3) is 0 Å². The lowest BCUT2D eigenvalue weighted by Gasteiger charge is -2.04. The van der Waals surface area contributed by atoms with Crippen molar-refractivity contribution < 1.29 is 8.42 Å². The molecule has 1 aromatic rings. The van der Waals surface area contributed by atoms with E-state index in [0.717, 1.165) is 6.54 Å². The van der Waals surface area contributed by atoms with Gasteiger partial charge in [0, 0.05) is 19.3 Å². The Hall–Kier alpha value is -1.08. The van der Waals surface area contributed by atoms with Gasteiger partial charge in [-0.05, 0) is 14.0 Å². The molecule has 0 aliphatic carbocycles. The molecule has 0 atom stereocenters. The molecule has 2 N–H and O–H groups in total. The van der Waals surface area contributed by atoms with Crippen molar-refractivity contribution in [2.45, 2.75) is 13.5 Å². The minimum atomic E-state index is -3.26. The lowest BCUT2D eigenvalue weighted by atomic mass is 10.6. The van der Waals surface area contributed by atoms with Crippen molar-refractivity contribution in [3.63, 3.8) is 0 Å². The fourth-order valence-corrected chi connectivity index (χ4v) is 2.10. The zero-order chi connectivity index (χ0) is 11.3. The third kappa shape index (κ3) is 3.88. The monoisotopic (exact) mass is 232 g/mol. The van der Waals surface area contributed by atoms with Gasteiger partial charge in [-0.1, -0.05) is 0 Å². The Kier molecular flexibility index (Phi) is 4.10. The van der Waals surface area contributed by atoms with Gasteiger partial charge in [-0.15, -0.1) is 0 Å². The highest BCUT2D eigenvalue weighted by molar-refractivity contribution is 7.92. The maximum Gasteiger partial charge on any atom is 0.234 e. The molecule has 0 fully saturated rings. The number of rotatable bonds is 6. The Labute approximate surface area is 89.7 Å². The largest absolute Gasteiger partial charge is 0.319 e. The van der Waals surface area contributed by atoms with Crippen molar-refractivity contribution in [3.05, 3.63) is 12.4 Å². The maximum absolute atomic E-state index is 11.5. The molecule has 0 radical (unpaired) electrons. The van der Waals surface area contributed by atoms with Gasteiger partial charge in [0.2, 0.25) is 10.0 Å². The summed E-state index contributed by atoms with van der Waals surface area (Å²) in [5, 5.41) is 6.76. The third-order valence-electron chi connectivity index (χ3n) is 1.85. The van der Waals surface area contributed by atoms with E-state index in [1.165, 1.54) is 6.20 Å². The molecule has 15 heavy (non-hydrogen) atoms. The van der Waals surface area contributed by atoms with Crippen LogP contribution in [0.2, 0.25) is 0 Å². The molecule has 1 aromatic heterocycles. The molecular formula is C8H16N4O2S. The van der Waals surface area contributed by atoms with Crippen molar-refractivity contribution in [2.24, 2.45) is 0 Å². The summed E-state index contributed by atoms with van der Waals surface area (Å²) in [4.78, 5) is 0. The van der Waals surface area contributed by atoms with Crippen LogP contribution >= 0.6 is 0 Å². The van der Waals surface area contributed by atoms with Gasteiger partial charge < -0.3 is 5.32 Å². The number of sulfonamides is 1. The highest BCUT2D eigenvalue weighted by Gasteiger charge is 2.10. The highest BCUT2D eigenvalue weighted by Crippen LogP contribution is 2.07. The van der Waals surface area contributed by atoms with Gasteiger partial charge in [-0.2, -0.15) is 5.10 Å². The van der Waals surface area contributed by atoms with E-state index in [1.807, 2.05) is 6.92 Å². The average molecular weight is 232 g/mol. The van der Waals surface area contributed by atoms with Crippen LogP contribution < -0.4 is 10.0 Å². The minimum absolute atomic E-state index is 0.0564. The fourth-order valence-electron chi connectivity index (χ4n) is 1.06. The molecule has 1 heterocycles. The molecule has 86 valence electrons. The summed E-state index contributed by atoms with van der Waals surface area (Å²) in [5.74, 6) is 0.0564. The quantitative estimate of drug-likeness (QED) is 0.716. The Balaban J connectivity index is 2.60. The standard InChI is InChI=1S/C8H16N4O2S/c1-3-12-7-8(6-10-12)11-15(13,14)5-4-9-2/h6-7,9,11H,3-5H2,1-2H3. The van der Waals surface area contributed by atoms with Crippen molar-refractivity contribution in [1.29, 1.82) is 0 Å². The second kappa shape index (κ2) is 5.13. The summed E-state index contributed by atoms with van der Waals surface area (Å²) in [6.07, 6.45) is 3.16.